The Balaban J connectivity index is 2.55. The summed E-state index contributed by atoms with van der Waals surface area (Å²) in [6.45, 7) is 2.52. The molecular formula is C11H19N3O4S. The second kappa shape index (κ2) is 7.22. The Hall–Kier alpha value is -1.44. The van der Waals surface area contributed by atoms with E-state index in [0.29, 0.717) is 6.54 Å². The highest BCUT2D eigenvalue weighted by molar-refractivity contribution is 7.99. The van der Waals surface area contributed by atoms with Crippen molar-refractivity contribution < 1.29 is 19.5 Å². The van der Waals surface area contributed by atoms with Crippen molar-refractivity contribution in [3.8, 4) is 0 Å². The number of carbonyl (C=O) groups is 3. The van der Waals surface area contributed by atoms with Crippen molar-refractivity contribution in [1.29, 1.82) is 0 Å². The van der Waals surface area contributed by atoms with Gasteiger partial charge in [-0.1, -0.05) is 0 Å². The summed E-state index contributed by atoms with van der Waals surface area (Å²) < 4.78 is 0. The molecule has 0 radical (unpaired) electrons. The number of nitrogens with two attached hydrogens (primary N) is 1. The van der Waals surface area contributed by atoms with Gasteiger partial charge in [-0.2, -0.15) is 11.8 Å². The average molecular weight is 289 g/mol. The molecule has 1 rings (SSSR count). The Kier molecular flexibility index (Phi) is 5.94. The van der Waals surface area contributed by atoms with Gasteiger partial charge in [-0.3, -0.25) is 4.79 Å². The molecule has 1 saturated heterocycles. The first-order chi connectivity index (χ1) is 8.91. The van der Waals surface area contributed by atoms with Gasteiger partial charge in [-0.25, -0.2) is 9.59 Å². The van der Waals surface area contributed by atoms with Crippen LogP contribution in [-0.4, -0.2) is 58.0 Å². The molecule has 1 unspecified atom stereocenters. The van der Waals surface area contributed by atoms with Crippen LogP contribution in [0, 0.1) is 0 Å². The molecule has 2 atom stereocenters. The van der Waals surface area contributed by atoms with Crippen molar-refractivity contribution in [1.82, 2.24) is 10.2 Å². The van der Waals surface area contributed by atoms with Crippen molar-refractivity contribution >= 4 is 29.7 Å². The first kappa shape index (κ1) is 15.6. The summed E-state index contributed by atoms with van der Waals surface area (Å²) in [4.78, 5) is 35.3. The Bertz CT molecular complexity index is 364. The smallest absolute Gasteiger partial charge is 0.326 e. The van der Waals surface area contributed by atoms with E-state index in [0.717, 1.165) is 11.5 Å². The highest BCUT2D eigenvalue weighted by Crippen LogP contribution is 2.16. The first-order valence-corrected chi connectivity index (χ1v) is 7.23. The van der Waals surface area contributed by atoms with Gasteiger partial charge >= 0.3 is 12.0 Å². The largest absolute Gasteiger partial charge is 0.480 e. The Morgan fingerprint density at radius 2 is 2.21 bits per heavy atom. The number of carbonyl (C=O) groups excluding carboxylic acids is 2. The van der Waals surface area contributed by atoms with Gasteiger partial charge in [-0.15, -0.1) is 0 Å². The van der Waals surface area contributed by atoms with E-state index >= 15 is 0 Å². The van der Waals surface area contributed by atoms with E-state index in [4.69, 9.17) is 10.8 Å². The predicted octanol–water partition coefficient (Wildman–Crippen LogP) is -0.148. The van der Waals surface area contributed by atoms with Gasteiger partial charge in [0.2, 0.25) is 5.91 Å². The number of carboxylic acids is 1. The van der Waals surface area contributed by atoms with E-state index in [1.54, 1.807) is 16.7 Å². The highest BCUT2D eigenvalue weighted by Gasteiger charge is 2.27. The Labute approximate surface area is 115 Å². The molecule has 0 aromatic heterocycles. The van der Waals surface area contributed by atoms with Crippen LogP contribution in [0.25, 0.3) is 0 Å². The zero-order chi connectivity index (χ0) is 14.4. The van der Waals surface area contributed by atoms with Gasteiger partial charge in [0.15, 0.2) is 0 Å². The molecule has 7 nitrogen and oxygen atoms in total. The number of rotatable bonds is 5. The van der Waals surface area contributed by atoms with E-state index in [1.165, 1.54) is 0 Å². The molecule has 0 aromatic rings. The average Bonchev–Trinajstić information content (AvgIpc) is 2.34. The second-order valence-electron chi connectivity index (χ2n) is 4.46. The van der Waals surface area contributed by atoms with Crippen LogP contribution in [-0.2, 0) is 9.59 Å². The molecule has 1 aliphatic rings. The number of thioether (sulfide) groups is 1. The van der Waals surface area contributed by atoms with Crippen LogP contribution >= 0.6 is 11.8 Å². The number of nitrogens with zero attached hydrogens (tertiary/aromatic N) is 1. The number of aliphatic carboxylic acids is 1. The lowest BCUT2D eigenvalue weighted by Gasteiger charge is -2.33. The molecule has 0 bridgehead atoms. The van der Waals surface area contributed by atoms with Gasteiger partial charge in [0.1, 0.15) is 6.04 Å². The Morgan fingerprint density at radius 3 is 2.74 bits per heavy atom. The lowest BCUT2D eigenvalue weighted by molar-refractivity contribution is -0.139. The van der Waals surface area contributed by atoms with Crippen LogP contribution < -0.4 is 11.1 Å². The molecule has 8 heteroatoms. The van der Waals surface area contributed by atoms with E-state index in [1.807, 2.05) is 6.92 Å². The quantitative estimate of drug-likeness (QED) is 0.651. The lowest BCUT2D eigenvalue weighted by Crippen LogP contribution is -2.53. The summed E-state index contributed by atoms with van der Waals surface area (Å²) >= 11 is 1.76. The molecule has 1 fully saturated rings. The number of nitrogens with one attached hydrogen (secondary N) is 1. The SMILES string of the molecule is CC1CSCCN1C(=O)N[C@@H](CCC(N)=O)C(=O)O. The lowest BCUT2D eigenvalue weighted by atomic mass is 10.1. The van der Waals surface area contributed by atoms with Gasteiger partial charge < -0.3 is 21.1 Å². The zero-order valence-electron chi connectivity index (χ0n) is 10.8. The van der Waals surface area contributed by atoms with Crippen molar-refractivity contribution in [3.63, 3.8) is 0 Å². The van der Waals surface area contributed by atoms with Crippen LogP contribution in [0.2, 0.25) is 0 Å². The summed E-state index contributed by atoms with van der Waals surface area (Å²) in [5.41, 5.74) is 4.98. The molecule has 1 heterocycles. The molecule has 0 saturated carbocycles. The number of carboxylic acid groups (broad SMARTS) is 1. The topological polar surface area (TPSA) is 113 Å². The predicted molar refractivity (Wildman–Crippen MR) is 71.9 cm³/mol. The van der Waals surface area contributed by atoms with Crippen molar-refractivity contribution in [2.24, 2.45) is 5.73 Å². The summed E-state index contributed by atoms with van der Waals surface area (Å²) in [5.74, 6) is -0.0552. The minimum absolute atomic E-state index is 0.00732. The molecule has 3 amide bonds. The fraction of sp³-hybridized carbons (Fsp3) is 0.727. The van der Waals surface area contributed by atoms with Crippen molar-refractivity contribution in [2.45, 2.75) is 31.8 Å². The molecular weight excluding hydrogens is 270 g/mol. The van der Waals surface area contributed by atoms with Crippen LogP contribution in [0.5, 0.6) is 0 Å². The van der Waals surface area contributed by atoms with Crippen molar-refractivity contribution in [2.75, 3.05) is 18.1 Å². The molecule has 0 aliphatic carbocycles. The van der Waals surface area contributed by atoms with Crippen LogP contribution in [0.1, 0.15) is 19.8 Å². The minimum Gasteiger partial charge on any atom is -0.480 e. The molecule has 0 aromatic carbocycles. The van der Waals surface area contributed by atoms with Crippen molar-refractivity contribution in [3.05, 3.63) is 0 Å². The molecule has 1 aliphatic heterocycles. The monoisotopic (exact) mass is 289 g/mol. The van der Waals surface area contributed by atoms with E-state index in [2.05, 4.69) is 5.32 Å². The third kappa shape index (κ3) is 4.98. The summed E-state index contributed by atoms with van der Waals surface area (Å²) in [6.07, 6.45) is -0.0595. The third-order valence-electron chi connectivity index (χ3n) is 2.90. The van der Waals surface area contributed by atoms with Gasteiger partial charge in [0.05, 0.1) is 0 Å². The zero-order valence-corrected chi connectivity index (χ0v) is 11.6. The maximum atomic E-state index is 12.0. The Morgan fingerprint density at radius 1 is 1.53 bits per heavy atom. The van der Waals surface area contributed by atoms with E-state index in [-0.39, 0.29) is 18.9 Å². The maximum absolute atomic E-state index is 12.0. The second-order valence-corrected chi connectivity index (χ2v) is 5.61. The summed E-state index contributed by atoms with van der Waals surface area (Å²) in [5, 5.41) is 11.5. The van der Waals surface area contributed by atoms with Crippen LogP contribution in [0.4, 0.5) is 4.79 Å². The number of urea groups is 1. The van der Waals surface area contributed by atoms with E-state index in [9.17, 15) is 14.4 Å². The highest BCUT2D eigenvalue weighted by atomic mass is 32.2. The molecule has 0 spiro atoms. The normalized spacial score (nSPS) is 20.7. The standard InChI is InChI=1S/C11H19N3O4S/c1-7-6-19-5-4-14(7)11(18)13-8(10(16)17)2-3-9(12)15/h7-8H,2-6H2,1H3,(H2,12,15)(H,13,18)(H,16,17)/t7?,8-/m0/s1. The van der Waals surface area contributed by atoms with Gasteiger partial charge in [0.25, 0.3) is 0 Å². The fourth-order valence-electron chi connectivity index (χ4n) is 1.80. The van der Waals surface area contributed by atoms with Gasteiger partial charge in [-0.05, 0) is 13.3 Å². The van der Waals surface area contributed by atoms with Crippen LogP contribution in [0.15, 0.2) is 0 Å². The molecule has 4 N–H and O–H groups in total. The summed E-state index contributed by atoms with van der Waals surface area (Å²) in [6, 6.07) is -1.41. The fourth-order valence-corrected chi connectivity index (χ4v) is 2.82. The van der Waals surface area contributed by atoms with Gasteiger partial charge in [0, 0.05) is 30.5 Å². The number of primary amides is 1. The maximum Gasteiger partial charge on any atom is 0.326 e. The van der Waals surface area contributed by atoms with Crippen LogP contribution in [0.3, 0.4) is 0 Å². The minimum atomic E-state index is -1.16. The molecule has 108 valence electrons. The van der Waals surface area contributed by atoms with E-state index < -0.39 is 23.9 Å². The number of hydrogen-bond acceptors (Lipinski definition) is 4. The summed E-state index contributed by atoms with van der Waals surface area (Å²) in [7, 11) is 0. The molecule has 19 heavy (non-hydrogen) atoms. The number of amides is 3. The third-order valence-corrected chi connectivity index (χ3v) is 4.09. The number of hydrogen-bond donors (Lipinski definition) is 3. The first-order valence-electron chi connectivity index (χ1n) is 6.07.